The Kier molecular flexibility index (Phi) is 7.12. The second-order valence-corrected chi connectivity index (χ2v) is 0.891. The number of carbonyl (C=O) groups is 1. The van der Waals surface area contributed by atoms with Crippen molar-refractivity contribution in [1.29, 1.82) is 0 Å². The molecule has 0 aliphatic rings. The molecule has 0 aliphatic heterocycles. The minimum Gasteiger partial charge on any atom is -0.322 e. The van der Waals surface area contributed by atoms with Crippen molar-refractivity contribution in [2.24, 2.45) is 5.73 Å². The van der Waals surface area contributed by atoms with Gasteiger partial charge in [-0.25, -0.2) is 4.84 Å². The van der Waals surface area contributed by atoms with Gasteiger partial charge < -0.3 is 5.73 Å². The average Bonchev–Trinajstić information content (AvgIpc) is 1.65. The van der Waals surface area contributed by atoms with E-state index in [9.17, 15) is 14.9 Å². The van der Waals surface area contributed by atoms with Gasteiger partial charge >= 0.3 is 11.1 Å². The Morgan fingerprint density at radius 1 is 1.78 bits per heavy atom. The summed E-state index contributed by atoms with van der Waals surface area (Å²) in [5.41, 5.74) is 4.64. The molecule has 0 unspecified atom stereocenters. The maximum absolute atomic E-state index is 9.83. The van der Waals surface area contributed by atoms with Crippen LogP contribution in [0.1, 0.15) is 0 Å². The monoisotopic (exact) mass is 315 g/mol. The van der Waals surface area contributed by atoms with E-state index in [1.165, 1.54) is 0 Å². The van der Waals surface area contributed by atoms with Gasteiger partial charge in [0.15, 0.2) is 0 Å². The van der Waals surface area contributed by atoms with Crippen LogP contribution < -0.4 is 5.73 Å². The molecule has 0 aromatic heterocycles. The molecular formula is C2H4N2O4Pt. The average molecular weight is 315 g/mol. The molecule has 0 heterocycles. The molecule has 0 atom stereocenters. The summed E-state index contributed by atoms with van der Waals surface area (Å²) in [5.74, 6) is -1.05. The van der Waals surface area contributed by atoms with E-state index in [-0.39, 0.29) is 21.1 Å². The molecule has 6 nitrogen and oxygen atoms in total. The van der Waals surface area contributed by atoms with Crippen molar-refractivity contribution in [3.8, 4) is 0 Å². The fraction of sp³-hybridized carbons (Fsp3) is 0.500. The summed E-state index contributed by atoms with van der Waals surface area (Å²) >= 11 is 0. The van der Waals surface area contributed by atoms with E-state index in [1.807, 2.05) is 0 Å². The Morgan fingerprint density at radius 3 is 2.33 bits per heavy atom. The Bertz CT molecular complexity index is 115. The van der Waals surface area contributed by atoms with Crippen molar-refractivity contribution in [2.45, 2.75) is 0 Å². The molecule has 0 saturated carbocycles. The minimum atomic E-state index is -1.20. The van der Waals surface area contributed by atoms with Crippen LogP contribution in [-0.4, -0.2) is 17.6 Å². The van der Waals surface area contributed by atoms with Crippen LogP contribution in [0.4, 0.5) is 0 Å². The molecular weight excluding hydrogens is 311 g/mol. The van der Waals surface area contributed by atoms with E-state index in [2.05, 4.69) is 10.6 Å². The molecule has 0 bridgehead atoms. The first kappa shape index (κ1) is 11.3. The first-order valence-corrected chi connectivity index (χ1v) is 1.72. The van der Waals surface area contributed by atoms with Gasteiger partial charge in [0.05, 0.1) is 6.54 Å². The number of nitrogens with zero attached hydrogens (tertiary/aromatic N) is 1. The van der Waals surface area contributed by atoms with Gasteiger partial charge in [0.2, 0.25) is 0 Å². The minimum absolute atomic E-state index is 0. The van der Waals surface area contributed by atoms with E-state index in [1.54, 1.807) is 0 Å². The van der Waals surface area contributed by atoms with E-state index in [0.717, 1.165) is 0 Å². The molecule has 0 fully saturated rings. The quantitative estimate of drug-likeness (QED) is 0.504. The third-order valence-electron chi connectivity index (χ3n) is 0.343. The summed E-state index contributed by atoms with van der Waals surface area (Å²) in [5, 5.41) is 8.08. The molecule has 56 valence electrons. The fourth-order valence-corrected chi connectivity index (χ4v) is 0.120. The Labute approximate surface area is 64.7 Å². The number of hydrogen-bond donors (Lipinski definition) is 1. The standard InChI is InChI=1S/C2H4N2O4.Pt/c3-1-2(5)8-4(6)7;/h1,3H2;. The summed E-state index contributed by atoms with van der Waals surface area (Å²) in [6, 6.07) is 0. The third kappa shape index (κ3) is 7.52. The van der Waals surface area contributed by atoms with Crippen LogP contribution in [0.5, 0.6) is 0 Å². The van der Waals surface area contributed by atoms with E-state index < -0.39 is 17.6 Å². The molecule has 0 amide bonds. The van der Waals surface area contributed by atoms with Gasteiger partial charge in [-0.3, -0.25) is 4.79 Å². The first-order valence-electron chi connectivity index (χ1n) is 1.72. The summed E-state index contributed by atoms with van der Waals surface area (Å²) in [4.78, 5) is 22.5. The van der Waals surface area contributed by atoms with E-state index in [4.69, 9.17) is 0 Å². The normalized spacial score (nSPS) is 7.22. The molecule has 0 rings (SSSR count). The molecule has 0 saturated heterocycles. The third-order valence-corrected chi connectivity index (χ3v) is 0.343. The SMILES string of the molecule is NCC(=O)O[N+](=O)[O-].[Pt]. The van der Waals surface area contributed by atoms with Gasteiger partial charge in [-0.05, 0) is 0 Å². The zero-order valence-corrected chi connectivity index (χ0v) is 6.45. The van der Waals surface area contributed by atoms with E-state index >= 15 is 0 Å². The van der Waals surface area contributed by atoms with Gasteiger partial charge in [-0.1, -0.05) is 0 Å². The molecule has 0 aromatic carbocycles. The maximum Gasteiger partial charge on any atom is 0.317 e. The zero-order valence-electron chi connectivity index (χ0n) is 4.18. The number of hydrogen-bond acceptors (Lipinski definition) is 5. The fourth-order valence-electron chi connectivity index (χ4n) is 0.120. The predicted octanol–water partition coefficient (Wildman–Crippen LogP) is -1.32. The molecule has 0 spiro atoms. The van der Waals surface area contributed by atoms with Crippen molar-refractivity contribution in [3.05, 3.63) is 10.1 Å². The summed E-state index contributed by atoms with van der Waals surface area (Å²) in [6.45, 7) is -0.471. The zero-order chi connectivity index (χ0) is 6.57. The van der Waals surface area contributed by atoms with Crippen molar-refractivity contribution < 1.29 is 35.8 Å². The largest absolute Gasteiger partial charge is 0.322 e. The first-order chi connectivity index (χ1) is 3.66. The van der Waals surface area contributed by atoms with Crippen LogP contribution in [0.3, 0.4) is 0 Å². The van der Waals surface area contributed by atoms with Crippen molar-refractivity contribution in [1.82, 2.24) is 0 Å². The van der Waals surface area contributed by atoms with Gasteiger partial charge in [0.25, 0.3) is 0 Å². The van der Waals surface area contributed by atoms with Gasteiger partial charge in [0, 0.05) is 21.1 Å². The van der Waals surface area contributed by atoms with E-state index in [0.29, 0.717) is 0 Å². The van der Waals surface area contributed by atoms with Gasteiger partial charge in [-0.2, -0.15) is 0 Å². The smallest absolute Gasteiger partial charge is 0.317 e. The van der Waals surface area contributed by atoms with Gasteiger partial charge in [-0.15, -0.1) is 10.1 Å². The molecule has 7 heteroatoms. The summed E-state index contributed by atoms with van der Waals surface area (Å²) < 4.78 is 0. The maximum atomic E-state index is 9.83. The summed E-state index contributed by atoms with van der Waals surface area (Å²) in [7, 11) is 0. The second kappa shape index (κ2) is 5.65. The van der Waals surface area contributed by atoms with Crippen molar-refractivity contribution in [2.75, 3.05) is 6.54 Å². The van der Waals surface area contributed by atoms with Crippen LogP contribution in [-0.2, 0) is 30.7 Å². The molecule has 0 aromatic rings. The van der Waals surface area contributed by atoms with Crippen molar-refractivity contribution in [3.63, 3.8) is 0 Å². The van der Waals surface area contributed by atoms with Crippen LogP contribution in [0.2, 0.25) is 0 Å². The Hall–Kier alpha value is -0.482. The topological polar surface area (TPSA) is 95.5 Å². The number of rotatable bonds is 2. The molecule has 0 radical (unpaired) electrons. The van der Waals surface area contributed by atoms with Crippen LogP contribution >= 0.6 is 0 Å². The van der Waals surface area contributed by atoms with Gasteiger partial charge in [0.1, 0.15) is 0 Å². The second-order valence-electron chi connectivity index (χ2n) is 0.891. The number of nitrogens with two attached hydrogens (primary N) is 1. The number of carbonyl (C=O) groups excluding carboxylic acids is 1. The molecule has 9 heavy (non-hydrogen) atoms. The molecule has 2 N–H and O–H groups in total. The van der Waals surface area contributed by atoms with Crippen LogP contribution in [0.15, 0.2) is 0 Å². The predicted molar refractivity (Wildman–Crippen MR) is 22.1 cm³/mol. The van der Waals surface area contributed by atoms with Crippen LogP contribution in [0, 0.1) is 10.1 Å². The Balaban J connectivity index is 0. The molecule has 0 aliphatic carbocycles. The Morgan fingerprint density at radius 2 is 2.22 bits per heavy atom. The summed E-state index contributed by atoms with van der Waals surface area (Å²) in [6.07, 6.45) is 0. The van der Waals surface area contributed by atoms with Crippen LogP contribution in [0.25, 0.3) is 0 Å². The van der Waals surface area contributed by atoms with Crippen molar-refractivity contribution >= 4 is 5.97 Å².